The average Bonchev–Trinajstić information content (AvgIpc) is 2.08. The monoisotopic (exact) mass is 214 g/mol. The smallest absolute Gasteiger partial charge is 0.334 e. The molecule has 1 aliphatic carbocycles. The van der Waals surface area contributed by atoms with E-state index in [-0.39, 0.29) is 23.3 Å². The molecule has 0 radical (unpaired) electrons. The minimum absolute atomic E-state index is 0. The van der Waals surface area contributed by atoms with Gasteiger partial charge in [-0.05, 0) is 24.7 Å². The first kappa shape index (κ1) is 12.0. The van der Waals surface area contributed by atoms with Gasteiger partial charge in [-0.1, -0.05) is 13.8 Å². The molecule has 86 valence electrons. The summed E-state index contributed by atoms with van der Waals surface area (Å²) in [6.45, 7) is 4.36. The van der Waals surface area contributed by atoms with Crippen LogP contribution in [0, 0.1) is 17.8 Å². The summed E-state index contributed by atoms with van der Waals surface area (Å²) in [6.07, 6.45) is 2.90. The number of fused-ring (bicyclic) bond motifs is 1. The highest BCUT2D eigenvalue weighted by Gasteiger charge is 2.39. The van der Waals surface area contributed by atoms with Crippen LogP contribution in [0.15, 0.2) is 11.8 Å². The van der Waals surface area contributed by atoms with Crippen molar-refractivity contribution in [2.24, 2.45) is 17.8 Å². The fourth-order valence-corrected chi connectivity index (χ4v) is 2.40. The molecular weight excluding hydrogens is 196 g/mol. The standard InChI is InChI=1S/C11H16O3.H2O/c1-6-3-8-9(12)5-11(13)14-10(8)4-7(6)2;/h5-8,10,12H,3-4H2,1-2H3;1H2. The Balaban J connectivity index is 0.00000112. The number of carbonyl (C=O) groups excluding carboxylic acids is 1. The van der Waals surface area contributed by atoms with Crippen LogP contribution in [0.3, 0.4) is 0 Å². The third kappa shape index (κ3) is 2.15. The van der Waals surface area contributed by atoms with E-state index in [2.05, 4.69) is 13.8 Å². The maximum absolute atomic E-state index is 11.1. The predicted octanol–water partition coefficient (Wildman–Crippen LogP) is 1.21. The van der Waals surface area contributed by atoms with Gasteiger partial charge in [0.05, 0.1) is 12.0 Å². The van der Waals surface area contributed by atoms with E-state index in [1.807, 2.05) is 0 Å². The van der Waals surface area contributed by atoms with Gasteiger partial charge in [0, 0.05) is 0 Å². The first-order valence-electron chi connectivity index (χ1n) is 5.19. The first-order valence-corrected chi connectivity index (χ1v) is 5.19. The summed E-state index contributed by atoms with van der Waals surface area (Å²) in [7, 11) is 0. The van der Waals surface area contributed by atoms with E-state index in [4.69, 9.17) is 4.74 Å². The van der Waals surface area contributed by atoms with Gasteiger partial charge < -0.3 is 15.3 Å². The minimum Gasteiger partial charge on any atom is -0.512 e. The third-order valence-electron chi connectivity index (χ3n) is 3.56. The van der Waals surface area contributed by atoms with E-state index in [1.165, 1.54) is 6.08 Å². The molecule has 0 saturated heterocycles. The van der Waals surface area contributed by atoms with E-state index in [1.54, 1.807) is 0 Å². The second-order valence-electron chi connectivity index (χ2n) is 4.58. The molecule has 0 aromatic carbocycles. The normalized spacial score (nSPS) is 39.6. The van der Waals surface area contributed by atoms with E-state index in [0.29, 0.717) is 11.8 Å². The Bertz CT molecular complexity index is 284. The Hall–Kier alpha value is -1.03. The van der Waals surface area contributed by atoms with Gasteiger partial charge in [-0.3, -0.25) is 0 Å². The quantitative estimate of drug-likeness (QED) is 0.615. The summed E-state index contributed by atoms with van der Waals surface area (Å²) < 4.78 is 5.20. The maximum atomic E-state index is 11.1. The van der Waals surface area contributed by atoms with Gasteiger partial charge in [-0.2, -0.15) is 0 Å². The molecule has 0 aromatic rings. The van der Waals surface area contributed by atoms with Crippen molar-refractivity contribution in [2.75, 3.05) is 0 Å². The van der Waals surface area contributed by atoms with Gasteiger partial charge in [0.25, 0.3) is 0 Å². The lowest BCUT2D eigenvalue weighted by molar-refractivity contribution is -0.152. The molecule has 0 aromatic heterocycles. The number of esters is 1. The Kier molecular flexibility index (Phi) is 3.39. The van der Waals surface area contributed by atoms with Crippen LogP contribution < -0.4 is 0 Å². The second kappa shape index (κ2) is 4.23. The lowest BCUT2D eigenvalue weighted by Gasteiger charge is -2.39. The Labute approximate surface area is 89.2 Å². The van der Waals surface area contributed by atoms with Crippen molar-refractivity contribution in [3.63, 3.8) is 0 Å². The number of aliphatic hydroxyl groups is 1. The Morgan fingerprint density at radius 3 is 2.60 bits per heavy atom. The number of rotatable bonds is 0. The molecule has 2 rings (SSSR count). The third-order valence-corrected chi connectivity index (χ3v) is 3.56. The molecule has 0 spiro atoms. The molecule has 0 bridgehead atoms. The van der Waals surface area contributed by atoms with Gasteiger partial charge in [-0.25, -0.2) is 4.79 Å². The Morgan fingerprint density at radius 1 is 1.33 bits per heavy atom. The highest BCUT2D eigenvalue weighted by molar-refractivity contribution is 5.83. The van der Waals surface area contributed by atoms with Crippen LogP contribution in [-0.4, -0.2) is 22.7 Å². The molecule has 2 aliphatic rings. The minimum atomic E-state index is -0.398. The molecule has 4 heteroatoms. The lowest BCUT2D eigenvalue weighted by atomic mass is 9.72. The highest BCUT2D eigenvalue weighted by Crippen LogP contribution is 2.39. The van der Waals surface area contributed by atoms with E-state index in [9.17, 15) is 9.90 Å². The van der Waals surface area contributed by atoms with Crippen LogP contribution in [-0.2, 0) is 9.53 Å². The predicted molar refractivity (Wildman–Crippen MR) is 55.3 cm³/mol. The number of aliphatic hydroxyl groups excluding tert-OH is 1. The van der Waals surface area contributed by atoms with Gasteiger partial charge in [0.15, 0.2) is 0 Å². The van der Waals surface area contributed by atoms with Crippen molar-refractivity contribution >= 4 is 5.97 Å². The molecule has 4 unspecified atom stereocenters. The molecule has 1 heterocycles. The lowest BCUT2D eigenvalue weighted by Crippen LogP contribution is -2.40. The fourth-order valence-electron chi connectivity index (χ4n) is 2.40. The van der Waals surface area contributed by atoms with Crippen LogP contribution in [0.5, 0.6) is 0 Å². The number of ether oxygens (including phenoxy) is 1. The zero-order chi connectivity index (χ0) is 10.3. The van der Waals surface area contributed by atoms with Crippen molar-refractivity contribution in [1.82, 2.24) is 0 Å². The summed E-state index contributed by atoms with van der Waals surface area (Å²) in [5.41, 5.74) is 0. The fraction of sp³-hybridized carbons (Fsp3) is 0.727. The molecule has 1 fully saturated rings. The molecular formula is C11H18O4. The second-order valence-corrected chi connectivity index (χ2v) is 4.58. The molecule has 4 nitrogen and oxygen atoms in total. The number of carbonyl (C=O) groups is 1. The van der Waals surface area contributed by atoms with E-state index >= 15 is 0 Å². The Morgan fingerprint density at radius 2 is 1.93 bits per heavy atom. The maximum Gasteiger partial charge on any atom is 0.334 e. The number of hydrogen-bond acceptors (Lipinski definition) is 3. The summed E-state index contributed by atoms with van der Waals surface area (Å²) in [6, 6.07) is 0. The van der Waals surface area contributed by atoms with Crippen LogP contribution >= 0.6 is 0 Å². The molecule has 1 aliphatic heterocycles. The molecule has 1 saturated carbocycles. The zero-order valence-corrected chi connectivity index (χ0v) is 9.06. The van der Waals surface area contributed by atoms with Gasteiger partial charge in [0.1, 0.15) is 11.9 Å². The summed E-state index contributed by atoms with van der Waals surface area (Å²) in [4.78, 5) is 11.1. The van der Waals surface area contributed by atoms with Gasteiger partial charge in [0.2, 0.25) is 0 Å². The first-order chi connectivity index (χ1) is 6.58. The molecule has 15 heavy (non-hydrogen) atoms. The van der Waals surface area contributed by atoms with Crippen molar-refractivity contribution < 1.29 is 20.1 Å². The largest absolute Gasteiger partial charge is 0.512 e. The van der Waals surface area contributed by atoms with Gasteiger partial charge >= 0.3 is 5.97 Å². The van der Waals surface area contributed by atoms with Crippen LogP contribution in [0.4, 0.5) is 0 Å². The topological polar surface area (TPSA) is 78.0 Å². The van der Waals surface area contributed by atoms with Crippen molar-refractivity contribution in [2.45, 2.75) is 32.8 Å². The SMILES string of the molecule is CC1CC2OC(=O)C=C(O)C2CC1C.O. The summed E-state index contributed by atoms with van der Waals surface area (Å²) in [5, 5.41) is 9.64. The average molecular weight is 214 g/mol. The van der Waals surface area contributed by atoms with E-state index in [0.717, 1.165) is 12.8 Å². The van der Waals surface area contributed by atoms with Crippen molar-refractivity contribution in [3.8, 4) is 0 Å². The van der Waals surface area contributed by atoms with E-state index < -0.39 is 5.97 Å². The molecule has 0 amide bonds. The summed E-state index contributed by atoms with van der Waals surface area (Å²) in [5.74, 6) is 1.01. The van der Waals surface area contributed by atoms with Crippen LogP contribution in [0.2, 0.25) is 0 Å². The zero-order valence-electron chi connectivity index (χ0n) is 9.06. The highest BCUT2D eigenvalue weighted by atomic mass is 16.5. The van der Waals surface area contributed by atoms with Crippen LogP contribution in [0.25, 0.3) is 0 Å². The molecule has 3 N–H and O–H groups in total. The number of hydrogen-bond donors (Lipinski definition) is 1. The van der Waals surface area contributed by atoms with Gasteiger partial charge in [-0.15, -0.1) is 0 Å². The molecule has 4 atom stereocenters. The van der Waals surface area contributed by atoms with Crippen molar-refractivity contribution in [1.29, 1.82) is 0 Å². The summed E-state index contributed by atoms with van der Waals surface area (Å²) >= 11 is 0. The van der Waals surface area contributed by atoms with Crippen molar-refractivity contribution in [3.05, 3.63) is 11.8 Å². The van der Waals surface area contributed by atoms with Crippen LogP contribution in [0.1, 0.15) is 26.7 Å².